The monoisotopic (exact) mass is 311 g/mol. The van der Waals surface area contributed by atoms with Crippen molar-refractivity contribution in [3.05, 3.63) is 113 Å². The number of nitrogens with one attached hydrogen (secondary N) is 1. The second-order valence-corrected chi connectivity index (χ2v) is 5.87. The first-order chi connectivity index (χ1) is 11.8. The molecule has 1 atom stereocenters. The molecule has 0 aliphatic heterocycles. The molecular formula is C22H17NO. The number of fused-ring (bicyclic) bond motifs is 1. The van der Waals surface area contributed by atoms with E-state index in [1.165, 1.54) is 0 Å². The summed E-state index contributed by atoms with van der Waals surface area (Å²) in [7, 11) is 0. The maximum atomic E-state index is 12.9. The minimum atomic E-state index is -0.0221. The first-order valence-electron chi connectivity index (χ1n) is 8.05. The highest BCUT2D eigenvalue weighted by atomic mass is 16.1. The van der Waals surface area contributed by atoms with Crippen molar-refractivity contribution in [1.29, 1.82) is 0 Å². The molecule has 0 heterocycles. The summed E-state index contributed by atoms with van der Waals surface area (Å²) in [5, 5.41) is 3.27. The second kappa shape index (κ2) is 6.17. The number of hydrogen-bond donors (Lipinski definition) is 1. The van der Waals surface area contributed by atoms with Crippen LogP contribution in [0.2, 0.25) is 0 Å². The van der Waals surface area contributed by atoms with E-state index in [1.807, 2.05) is 79.0 Å². The minimum absolute atomic E-state index is 0.0221. The Kier molecular flexibility index (Phi) is 3.72. The Balaban J connectivity index is 1.78. The third kappa shape index (κ3) is 2.52. The average Bonchev–Trinajstić information content (AvgIpc) is 2.94. The highest BCUT2D eigenvalue weighted by Crippen LogP contribution is 2.41. The minimum Gasteiger partial charge on any atom is -0.361 e. The average molecular weight is 311 g/mol. The summed E-state index contributed by atoms with van der Waals surface area (Å²) in [4.78, 5) is 12.9. The topological polar surface area (TPSA) is 29.1 Å². The van der Waals surface area contributed by atoms with Gasteiger partial charge in [0, 0.05) is 28.9 Å². The number of Topliss-reactive ketones (excluding diaryl/α,β-unsaturated/α-hetero) is 1. The van der Waals surface area contributed by atoms with Gasteiger partial charge in [0.25, 0.3) is 0 Å². The fourth-order valence-corrected chi connectivity index (χ4v) is 3.26. The predicted molar refractivity (Wildman–Crippen MR) is 97.2 cm³/mol. The van der Waals surface area contributed by atoms with Crippen LogP contribution in [0.5, 0.6) is 0 Å². The van der Waals surface area contributed by atoms with Gasteiger partial charge in [0.1, 0.15) is 0 Å². The van der Waals surface area contributed by atoms with Crippen LogP contribution in [0, 0.1) is 0 Å². The van der Waals surface area contributed by atoms with Gasteiger partial charge >= 0.3 is 0 Å². The number of hydrogen-bond acceptors (Lipinski definition) is 2. The second-order valence-electron chi connectivity index (χ2n) is 5.87. The van der Waals surface area contributed by atoms with Crippen LogP contribution in [0.1, 0.15) is 27.4 Å². The molecule has 0 saturated heterocycles. The molecule has 24 heavy (non-hydrogen) atoms. The van der Waals surface area contributed by atoms with Crippen molar-refractivity contribution >= 4 is 11.5 Å². The molecule has 0 saturated carbocycles. The van der Waals surface area contributed by atoms with E-state index < -0.39 is 0 Å². The van der Waals surface area contributed by atoms with E-state index in [0.29, 0.717) is 0 Å². The van der Waals surface area contributed by atoms with Crippen LogP contribution < -0.4 is 5.32 Å². The third-order valence-electron chi connectivity index (χ3n) is 4.39. The lowest BCUT2D eigenvalue weighted by Gasteiger charge is -2.14. The number of benzene rings is 3. The molecule has 2 heteroatoms. The maximum Gasteiger partial charge on any atom is 0.191 e. The molecule has 0 radical (unpaired) electrons. The first kappa shape index (κ1) is 14.5. The van der Waals surface area contributed by atoms with Gasteiger partial charge in [-0.3, -0.25) is 4.79 Å². The zero-order valence-corrected chi connectivity index (χ0v) is 13.1. The zero-order chi connectivity index (χ0) is 16.4. The lowest BCUT2D eigenvalue weighted by atomic mass is 9.90. The van der Waals surface area contributed by atoms with Gasteiger partial charge in [-0.15, -0.1) is 0 Å². The van der Waals surface area contributed by atoms with E-state index in [2.05, 4.69) is 17.4 Å². The molecule has 3 aromatic carbocycles. The molecule has 0 amide bonds. The quantitative estimate of drug-likeness (QED) is 0.689. The summed E-state index contributed by atoms with van der Waals surface area (Å²) in [5.74, 6) is 0.0778. The van der Waals surface area contributed by atoms with Gasteiger partial charge in [-0.25, -0.2) is 0 Å². The molecular weight excluding hydrogens is 294 g/mol. The van der Waals surface area contributed by atoms with Gasteiger partial charge in [0.15, 0.2) is 5.78 Å². The molecule has 116 valence electrons. The molecule has 0 bridgehead atoms. The van der Waals surface area contributed by atoms with Gasteiger partial charge in [0.05, 0.1) is 0 Å². The lowest BCUT2D eigenvalue weighted by molar-refractivity contribution is 0.103. The standard InChI is InChI=1S/C22H17NO/c24-22-19-14-8-7-13-18(19)21(16-9-3-1-4-10-16)20(22)15-23-17-11-5-2-6-12-17/h1-15,21,23H/b20-15-/t21-/m1/s1. The molecule has 0 fully saturated rings. The predicted octanol–water partition coefficient (Wildman–Crippen LogP) is 5.01. The Morgan fingerprint density at radius 2 is 1.38 bits per heavy atom. The van der Waals surface area contributed by atoms with Crippen LogP contribution in [0.3, 0.4) is 0 Å². The Morgan fingerprint density at radius 1 is 0.750 bits per heavy atom. The fraction of sp³-hybridized carbons (Fsp3) is 0.0455. The van der Waals surface area contributed by atoms with E-state index in [9.17, 15) is 4.79 Å². The summed E-state index contributed by atoms with van der Waals surface area (Å²) in [6.45, 7) is 0. The molecule has 3 aromatic rings. The van der Waals surface area contributed by atoms with E-state index in [4.69, 9.17) is 0 Å². The molecule has 0 unspecified atom stereocenters. The number of allylic oxidation sites excluding steroid dienone is 1. The third-order valence-corrected chi connectivity index (χ3v) is 4.39. The Hall–Kier alpha value is -3.13. The van der Waals surface area contributed by atoms with Crippen LogP contribution in [0.4, 0.5) is 5.69 Å². The van der Waals surface area contributed by atoms with Crippen LogP contribution >= 0.6 is 0 Å². The number of rotatable bonds is 3. The van der Waals surface area contributed by atoms with Gasteiger partial charge in [0.2, 0.25) is 0 Å². The SMILES string of the molecule is O=C1/C(=C\Nc2ccccc2)[C@H](c2ccccc2)c2ccccc21. The summed E-state index contributed by atoms with van der Waals surface area (Å²) in [6.07, 6.45) is 1.86. The number of carbonyl (C=O) groups excluding carboxylic acids is 1. The van der Waals surface area contributed by atoms with Gasteiger partial charge in [-0.05, 0) is 23.3 Å². The maximum absolute atomic E-state index is 12.9. The Bertz CT molecular complexity index is 898. The first-order valence-corrected chi connectivity index (χ1v) is 8.05. The normalized spacial score (nSPS) is 17.8. The van der Waals surface area contributed by atoms with E-state index in [0.717, 1.165) is 28.0 Å². The zero-order valence-electron chi connectivity index (χ0n) is 13.1. The van der Waals surface area contributed by atoms with Crippen molar-refractivity contribution < 1.29 is 4.79 Å². The molecule has 1 N–H and O–H groups in total. The molecule has 2 nitrogen and oxygen atoms in total. The van der Waals surface area contributed by atoms with Crippen molar-refractivity contribution in [1.82, 2.24) is 0 Å². The highest BCUT2D eigenvalue weighted by molar-refractivity contribution is 6.15. The van der Waals surface area contributed by atoms with Gasteiger partial charge in [-0.2, -0.15) is 0 Å². The van der Waals surface area contributed by atoms with E-state index in [-0.39, 0.29) is 11.7 Å². The van der Waals surface area contributed by atoms with Crippen LogP contribution in [-0.2, 0) is 0 Å². The largest absolute Gasteiger partial charge is 0.361 e. The molecule has 0 aromatic heterocycles. The van der Waals surface area contributed by atoms with E-state index >= 15 is 0 Å². The Morgan fingerprint density at radius 3 is 2.12 bits per heavy atom. The van der Waals surface area contributed by atoms with Crippen LogP contribution in [-0.4, -0.2) is 5.78 Å². The van der Waals surface area contributed by atoms with Crippen molar-refractivity contribution in [3.63, 3.8) is 0 Å². The Labute approximate surface area is 141 Å². The van der Waals surface area contributed by atoms with Gasteiger partial charge < -0.3 is 5.32 Å². The number of carbonyl (C=O) groups is 1. The molecule has 4 rings (SSSR count). The summed E-state index contributed by atoms with van der Waals surface area (Å²) in [6, 6.07) is 28.0. The molecule has 1 aliphatic carbocycles. The molecule has 0 spiro atoms. The molecule has 1 aliphatic rings. The van der Waals surface area contributed by atoms with E-state index in [1.54, 1.807) is 0 Å². The van der Waals surface area contributed by atoms with Crippen molar-refractivity contribution in [2.24, 2.45) is 0 Å². The van der Waals surface area contributed by atoms with Crippen LogP contribution in [0.15, 0.2) is 96.7 Å². The summed E-state index contributed by atoms with van der Waals surface area (Å²) >= 11 is 0. The van der Waals surface area contributed by atoms with Gasteiger partial charge in [-0.1, -0.05) is 72.8 Å². The lowest BCUT2D eigenvalue weighted by Crippen LogP contribution is -2.05. The highest BCUT2D eigenvalue weighted by Gasteiger charge is 2.35. The summed E-state index contributed by atoms with van der Waals surface area (Å²) < 4.78 is 0. The fourth-order valence-electron chi connectivity index (χ4n) is 3.26. The smallest absolute Gasteiger partial charge is 0.191 e. The number of anilines is 1. The number of ketones is 1. The van der Waals surface area contributed by atoms with Crippen molar-refractivity contribution in [2.75, 3.05) is 5.32 Å². The summed E-state index contributed by atoms with van der Waals surface area (Å²) in [5.41, 5.74) is 4.77. The van der Waals surface area contributed by atoms with Crippen molar-refractivity contribution in [3.8, 4) is 0 Å². The number of para-hydroxylation sites is 1. The van der Waals surface area contributed by atoms with Crippen LogP contribution in [0.25, 0.3) is 0 Å². The van der Waals surface area contributed by atoms with Crippen molar-refractivity contribution in [2.45, 2.75) is 5.92 Å².